The van der Waals surface area contributed by atoms with Crippen molar-refractivity contribution >= 4 is 34.0 Å². The number of hydrogen-bond donors (Lipinski definition) is 1. The molecule has 0 spiro atoms. The number of aliphatic hydroxyl groups is 1. The summed E-state index contributed by atoms with van der Waals surface area (Å²) in [6.07, 6.45) is 1.45. The number of hydrogen-bond acceptors (Lipinski definition) is 4. The van der Waals surface area contributed by atoms with E-state index in [1.165, 1.54) is 0 Å². The van der Waals surface area contributed by atoms with E-state index in [0.29, 0.717) is 3.57 Å². The van der Waals surface area contributed by atoms with Crippen LogP contribution >= 0.6 is 22.6 Å². The van der Waals surface area contributed by atoms with Crippen LogP contribution in [-0.2, 0) is 0 Å². The molecule has 0 saturated carbocycles. The Balaban J connectivity index is 2.16. The van der Waals surface area contributed by atoms with Crippen molar-refractivity contribution in [2.24, 2.45) is 0 Å². The minimum atomic E-state index is -0.579. The molecule has 1 aromatic carbocycles. The first-order valence-electron chi connectivity index (χ1n) is 5.80. The highest BCUT2D eigenvalue weighted by molar-refractivity contribution is 14.1. The molecule has 1 N–H and O–H groups in total. The highest BCUT2D eigenvalue weighted by Crippen LogP contribution is 2.30. The molecular weight excluding hydrogens is 347 g/mol. The summed E-state index contributed by atoms with van der Waals surface area (Å²) in [5.41, 5.74) is 0.550. The van der Waals surface area contributed by atoms with Crippen molar-refractivity contribution in [1.29, 1.82) is 0 Å². The lowest BCUT2D eigenvalue weighted by atomic mass is 9.93. The molecule has 0 aliphatic carbocycles. The minimum absolute atomic E-state index is 0.142. The summed E-state index contributed by atoms with van der Waals surface area (Å²) >= 11 is 1.99. The number of nitrogens with zero attached hydrogens (tertiary/aromatic N) is 2. The molecule has 0 atom stereocenters. The van der Waals surface area contributed by atoms with E-state index in [-0.39, 0.29) is 10.6 Å². The second-order valence-corrected chi connectivity index (χ2v) is 6.04. The molecule has 18 heavy (non-hydrogen) atoms. The number of benzene rings is 1. The van der Waals surface area contributed by atoms with Crippen LogP contribution in [0.5, 0.6) is 0 Å². The molecule has 1 saturated heterocycles. The van der Waals surface area contributed by atoms with Crippen molar-refractivity contribution in [1.82, 2.24) is 0 Å². The minimum Gasteiger partial charge on any atom is -0.390 e. The van der Waals surface area contributed by atoms with Gasteiger partial charge in [-0.1, -0.05) is 0 Å². The van der Waals surface area contributed by atoms with E-state index in [2.05, 4.69) is 4.90 Å². The van der Waals surface area contributed by atoms with Gasteiger partial charge in [0.05, 0.1) is 14.1 Å². The quantitative estimate of drug-likeness (QED) is 0.499. The number of anilines is 1. The van der Waals surface area contributed by atoms with Gasteiger partial charge in [-0.15, -0.1) is 0 Å². The van der Waals surface area contributed by atoms with Crippen LogP contribution in [0.1, 0.15) is 19.8 Å². The zero-order chi connectivity index (χ0) is 13.3. The van der Waals surface area contributed by atoms with E-state index in [0.717, 1.165) is 31.6 Å². The van der Waals surface area contributed by atoms with Crippen molar-refractivity contribution in [2.75, 3.05) is 18.0 Å². The third-order valence-electron chi connectivity index (χ3n) is 3.33. The Hall–Kier alpha value is -0.890. The van der Waals surface area contributed by atoms with Crippen LogP contribution in [0.4, 0.5) is 11.4 Å². The van der Waals surface area contributed by atoms with Crippen LogP contribution in [0.2, 0.25) is 0 Å². The smallest absolute Gasteiger partial charge is 0.282 e. The van der Waals surface area contributed by atoms with E-state index in [9.17, 15) is 15.2 Å². The maximum atomic E-state index is 10.7. The number of halogens is 1. The average molecular weight is 362 g/mol. The third kappa shape index (κ3) is 2.92. The van der Waals surface area contributed by atoms with Crippen LogP contribution in [-0.4, -0.2) is 28.7 Å². The summed E-state index contributed by atoms with van der Waals surface area (Å²) in [6, 6.07) is 5.16. The fourth-order valence-electron chi connectivity index (χ4n) is 2.09. The number of rotatable bonds is 2. The van der Waals surface area contributed by atoms with E-state index in [1.807, 2.05) is 35.6 Å². The van der Waals surface area contributed by atoms with Gasteiger partial charge in [0.25, 0.3) is 5.69 Å². The lowest BCUT2D eigenvalue weighted by molar-refractivity contribution is -0.385. The summed E-state index contributed by atoms with van der Waals surface area (Å²) < 4.78 is 0.646. The normalized spacial score (nSPS) is 18.7. The molecule has 1 aromatic rings. The van der Waals surface area contributed by atoms with Gasteiger partial charge in [-0.25, -0.2) is 0 Å². The van der Waals surface area contributed by atoms with E-state index < -0.39 is 5.60 Å². The van der Waals surface area contributed by atoms with Gasteiger partial charge in [0.1, 0.15) is 0 Å². The van der Waals surface area contributed by atoms with Gasteiger partial charge in [0.15, 0.2) is 0 Å². The van der Waals surface area contributed by atoms with Crippen LogP contribution in [0, 0.1) is 13.7 Å². The Bertz CT molecular complexity index is 466. The van der Waals surface area contributed by atoms with E-state index in [1.54, 1.807) is 12.1 Å². The van der Waals surface area contributed by atoms with Crippen molar-refractivity contribution in [3.63, 3.8) is 0 Å². The van der Waals surface area contributed by atoms with Crippen LogP contribution in [0.15, 0.2) is 18.2 Å². The first-order chi connectivity index (χ1) is 8.39. The molecule has 0 radical (unpaired) electrons. The second-order valence-electron chi connectivity index (χ2n) is 4.88. The standard InChI is InChI=1S/C12H15IN2O3/c1-12(16)4-6-14(7-5-12)9-2-3-11(15(17)18)10(13)8-9/h2-3,8,16H,4-7H2,1H3. The van der Waals surface area contributed by atoms with Crippen LogP contribution in [0.25, 0.3) is 0 Å². The molecular formula is C12H15IN2O3. The van der Waals surface area contributed by atoms with Gasteiger partial charge in [0, 0.05) is 24.8 Å². The second kappa shape index (κ2) is 5.00. The molecule has 6 heteroatoms. The first kappa shape index (κ1) is 13.5. The summed E-state index contributed by atoms with van der Waals surface area (Å²) in [5, 5.41) is 20.6. The van der Waals surface area contributed by atoms with Crippen molar-refractivity contribution in [3.8, 4) is 0 Å². The maximum Gasteiger partial charge on any atom is 0.282 e. The van der Waals surface area contributed by atoms with E-state index >= 15 is 0 Å². The molecule has 5 nitrogen and oxygen atoms in total. The fourth-order valence-corrected chi connectivity index (χ4v) is 2.78. The Morgan fingerprint density at radius 2 is 2.06 bits per heavy atom. The van der Waals surface area contributed by atoms with Crippen LogP contribution < -0.4 is 4.90 Å². The van der Waals surface area contributed by atoms with E-state index in [4.69, 9.17) is 0 Å². The topological polar surface area (TPSA) is 66.6 Å². The number of nitro groups is 1. The van der Waals surface area contributed by atoms with Gasteiger partial charge < -0.3 is 10.0 Å². The zero-order valence-corrected chi connectivity index (χ0v) is 12.3. The van der Waals surface area contributed by atoms with Crippen molar-refractivity contribution < 1.29 is 10.0 Å². The summed E-state index contributed by atoms with van der Waals surface area (Å²) in [4.78, 5) is 12.5. The summed E-state index contributed by atoms with van der Waals surface area (Å²) in [7, 11) is 0. The average Bonchev–Trinajstić information content (AvgIpc) is 2.28. The van der Waals surface area contributed by atoms with Gasteiger partial charge in [0.2, 0.25) is 0 Å². The maximum absolute atomic E-state index is 10.7. The number of piperidine rings is 1. The van der Waals surface area contributed by atoms with Crippen LogP contribution in [0.3, 0.4) is 0 Å². The lowest BCUT2D eigenvalue weighted by Gasteiger charge is -2.37. The van der Waals surface area contributed by atoms with Crippen molar-refractivity contribution in [3.05, 3.63) is 31.9 Å². The van der Waals surface area contributed by atoms with Gasteiger partial charge in [-0.3, -0.25) is 10.1 Å². The molecule has 0 unspecified atom stereocenters. The molecule has 0 bridgehead atoms. The third-order valence-corrected chi connectivity index (χ3v) is 4.20. The largest absolute Gasteiger partial charge is 0.390 e. The van der Waals surface area contributed by atoms with Gasteiger partial charge in [-0.05, 0) is 54.5 Å². The molecule has 1 heterocycles. The van der Waals surface area contributed by atoms with Gasteiger partial charge >= 0.3 is 0 Å². The monoisotopic (exact) mass is 362 g/mol. The number of nitro benzene ring substituents is 1. The molecule has 2 rings (SSSR count). The SMILES string of the molecule is CC1(O)CCN(c2ccc([N+](=O)[O-])c(I)c2)CC1. The predicted molar refractivity (Wildman–Crippen MR) is 77.9 cm³/mol. The Labute approximate surface area is 119 Å². The predicted octanol–water partition coefficient (Wildman–Crippen LogP) is 2.55. The highest BCUT2D eigenvalue weighted by atomic mass is 127. The molecule has 1 aliphatic heterocycles. The lowest BCUT2D eigenvalue weighted by Crippen LogP contribution is -2.42. The fraction of sp³-hybridized carbons (Fsp3) is 0.500. The summed E-state index contributed by atoms with van der Waals surface area (Å²) in [6.45, 7) is 3.41. The molecule has 0 aromatic heterocycles. The zero-order valence-electron chi connectivity index (χ0n) is 10.1. The van der Waals surface area contributed by atoms with Gasteiger partial charge in [-0.2, -0.15) is 0 Å². The highest BCUT2D eigenvalue weighted by Gasteiger charge is 2.27. The Morgan fingerprint density at radius 3 is 2.56 bits per heavy atom. The molecule has 1 aliphatic rings. The van der Waals surface area contributed by atoms with Crippen molar-refractivity contribution in [2.45, 2.75) is 25.4 Å². The first-order valence-corrected chi connectivity index (χ1v) is 6.88. The summed E-state index contributed by atoms with van der Waals surface area (Å²) in [5.74, 6) is 0. The molecule has 0 amide bonds. The molecule has 98 valence electrons. The Morgan fingerprint density at radius 1 is 1.44 bits per heavy atom. The molecule has 1 fully saturated rings. The Kier molecular flexibility index (Phi) is 3.76.